The number of anilines is 2. The first kappa shape index (κ1) is 18.6. The van der Waals surface area contributed by atoms with E-state index in [4.69, 9.17) is 22.3 Å². The van der Waals surface area contributed by atoms with Crippen LogP contribution in [-0.4, -0.2) is 15.8 Å². The second-order valence-corrected chi connectivity index (χ2v) is 8.42. The van der Waals surface area contributed by atoms with Crippen molar-refractivity contribution in [3.63, 3.8) is 0 Å². The molecule has 0 bridgehead atoms. The van der Waals surface area contributed by atoms with Crippen LogP contribution in [-0.2, 0) is 12.8 Å². The van der Waals surface area contributed by atoms with Gasteiger partial charge in [0.15, 0.2) is 0 Å². The second-order valence-electron chi connectivity index (χ2n) is 7.02. The summed E-state index contributed by atoms with van der Waals surface area (Å²) in [6, 6.07) is 5.92. The topological polar surface area (TPSA) is 111 Å². The molecule has 9 heteroatoms. The van der Waals surface area contributed by atoms with Gasteiger partial charge in [0.05, 0.1) is 21.3 Å². The van der Waals surface area contributed by atoms with Crippen LogP contribution in [0.15, 0.2) is 24.3 Å². The number of nitrogens with two attached hydrogens (primary N) is 1. The predicted molar refractivity (Wildman–Crippen MR) is 111 cm³/mol. The van der Waals surface area contributed by atoms with Gasteiger partial charge in [0.2, 0.25) is 0 Å². The highest BCUT2D eigenvalue weighted by atomic mass is 35.5. The van der Waals surface area contributed by atoms with Crippen molar-refractivity contribution in [1.82, 2.24) is 4.98 Å². The van der Waals surface area contributed by atoms with Gasteiger partial charge in [0, 0.05) is 23.2 Å². The average molecular weight is 417 g/mol. The smallest absolute Gasteiger partial charge is 0.271 e. The lowest BCUT2D eigenvalue weighted by atomic mass is 9.87. The molecule has 7 nitrogen and oxygen atoms in total. The molecule has 1 amide bonds. The van der Waals surface area contributed by atoms with E-state index < -0.39 is 10.8 Å². The number of rotatable bonds is 3. The maximum absolute atomic E-state index is 12.8. The zero-order chi connectivity index (χ0) is 20.0. The molecular formula is C19H17ClN4O3S. The van der Waals surface area contributed by atoms with Gasteiger partial charge < -0.3 is 11.1 Å². The van der Waals surface area contributed by atoms with E-state index in [1.807, 2.05) is 6.07 Å². The lowest BCUT2D eigenvalue weighted by Gasteiger charge is -2.20. The third-order valence-electron chi connectivity index (χ3n) is 4.95. The van der Waals surface area contributed by atoms with Gasteiger partial charge in [0.1, 0.15) is 9.71 Å². The molecule has 1 aliphatic rings. The molecule has 28 heavy (non-hydrogen) atoms. The molecule has 0 fully saturated rings. The Hall–Kier alpha value is -2.71. The van der Waals surface area contributed by atoms with E-state index in [0.717, 1.165) is 35.2 Å². The maximum Gasteiger partial charge on any atom is 0.271 e. The average Bonchev–Trinajstić information content (AvgIpc) is 2.97. The van der Waals surface area contributed by atoms with Crippen molar-refractivity contribution in [2.75, 3.05) is 11.1 Å². The molecular weight excluding hydrogens is 400 g/mol. The Kier molecular flexibility index (Phi) is 4.68. The number of thiophene rings is 1. The largest absolute Gasteiger partial charge is 0.397 e. The fourth-order valence-corrected chi connectivity index (χ4v) is 4.60. The Morgan fingerprint density at radius 2 is 2.21 bits per heavy atom. The number of hydrogen-bond donors (Lipinski definition) is 2. The fourth-order valence-electron chi connectivity index (χ4n) is 3.44. The van der Waals surface area contributed by atoms with E-state index in [-0.39, 0.29) is 16.4 Å². The number of nitro benzene ring substituents is 1. The van der Waals surface area contributed by atoms with Crippen LogP contribution in [0.3, 0.4) is 0 Å². The molecule has 144 valence electrons. The van der Waals surface area contributed by atoms with Gasteiger partial charge in [-0.05, 0) is 42.9 Å². The van der Waals surface area contributed by atoms with Crippen LogP contribution < -0.4 is 11.1 Å². The number of pyridine rings is 1. The van der Waals surface area contributed by atoms with Crippen molar-refractivity contribution in [1.29, 1.82) is 0 Å². The third kappa shape index (κ3) is 3.29. The molecule has 0 saturated heterocycles. The number of amides is 1. The number of hydrogen-bond acceptors (Lipinski definition) is 6. The Labute approximate surface area is 169 Å². The zero-order valence-corrected chi connectivity index (χ0v) is 16.6. The minimum atomic E-state index is -0.546. The standard InChI is InChI=1S/C19H17ClN4O3S/c1-9-2-5-14-10(6-9)7-12-16(21)17(28-19(12)23-14)18(25)22-15-8-11(24(26)27)3-4-13(15)20/h3-4,7-9H,2,5-6,21H2,1H3,(H,22,25). The fraction of sp³-hybridized carbons (Fsp3) is 0.263. The van der Waals surface area contributed by atoms with Crippen molar-refractivity contribution >= 4 is 56.1 Å². The minimum absolute atomic E-state index is 0.160. The van der Waals surface area contributed by atoms with Crippen LogP contribution in [0.2, 0.25) is 5.02 Å². The van der Waals surface area contributed by atoms with Crippen LogP contribution >= 0.6 is 22.9 Å². The van der Waals surface area contributed by atoms with E-state index in [0.29, 0.717) is 16.5 Å². The van der Waals surface area contributed by atoms with Crippen LogP contribution in [0.4, 0.5) is 17.1 Å². The van der Waals surface area contributed by atoms with E-state index in [1.54, 1.807) is 0 Å². The number of nitrogens with one attached hydrogen (secondary N) is 1. The molecule has 0 spiro atoms. The van der Waals surface area contributed by atoms with Gasteiger partial charge >= 0.3 is 0 Å². The number of nitrogen functional groups attached to an aromatic ring is 1. The molecule has 0 aliphatic heterocycles. The van der Waals surface area contributed by atoms with Crippen LogP contribution in [0, 0.1) is 16.0 Å². The summed E-state index contributed by atoms with van der Waals surface area (Å²) < 4.78 is 0. The van der Waals surface area contributed by atoms with Crippen LogP contribution in [0.25, 0.3) is 10.2 Å². The Balaban J connectivity index is 1.69. The molecule has 0 radical (unpaired) electrons. The highest BCUT2D eigenvalue weighted by molar-refractivity contribution is 7.21. The molecule has 0 saturated carbocycles. The predicted octanol–water partition coefficient (Wildman–Crippen LogP) is 4.82. The number of non-ortho nitro benzene ring substituents is 1. The van der Waals surface area contributed by atoms with Gasteiger partial charge in [-0.1, -0.05) is 18.5 Å². The number of aryl methyl sites for hydroxylation is 1. The Morgan fingerprint density at radius 1 is 1.43 bits per heavy atom. The molecule has 2 aromatic heterocycles. The number of nitro groups is 1. The van der Waals surface area contributed by atoms with E-state index in [2.05, 4.69) is 12.2 Å². The molecule has 1 atom stereocenters. The van der Waals surface area contributed by atoms with Crippen LogP contribution in [0.5, 0.6) is 0 Å². The van der Waals surface area contributed by atoms with Gasteiger partial charge in [-0.25, -0.2) is 4.98 Å². The minimum Gasteiger partial charge on any atom is -0.397 e. The van der Waals surface area contributed by atoms with Crippen molar-refractivity contribution in [2.24, 2.45) is 5.92 Å². The van der Waals surface area contributed by atoms with Gasteiger partial charge in [0.25, 0.3) is 11.6 Å². The molecule has 2 heterocycles. The number of benzene rings is 1. The monoisotopic (exact) mass is 416 g/mol. The second kappa shape index (κ2) is 7.03. The summed E-state index contributed by atoms with van der Waals surface area (Å²) in [5.74, 6) is 0.139. The SMILES string of the molecule is CC1CCc2nc3sc(C(=O)Nc4cc([N+](=O)[O-])ccc4Cl)c(N)c3cc2C1. The lowest BCUT2D eigenvalue weighted by molar-refractivity contribution is -0.384. The number of fused-ring (bicyclic) bond motifs is 2. The zero-order valence-electron chi connectivity index (χ0n) is 15.0. The van der Waals surface area contributed by atoms with Crippen LogP contribution in [0.1, 0.15) is 34.3 Å². The van der Waals surface area contributed by atoms with Gasteiger partial charge in [-0.3, -0.25) is 14.9 Å². The summed E-state index contributed by atoms with van der Waals surface area (Å²) >= 11 is 7.29. The first-order valence-electron chi connectivity index (χ1n) is 8.79. The van der Waals surface area contributed by atoms with E-state index in [1.165, 1.54) is 35.1 Å². The number of carbonyl (C=O) groups is 1. The molecule has 1 unspecified atom stereocenters. The Morgan fingerprint density at radius 3 is 2.96 bits per heavy atom. The quantitative estimate of drug-likeness (QED) is 0.469. The summed E-state index contributed by atoms with van der Waals surface area (Å²) in [5.41, 5.74) is 8.87. The highest BCUT2D eigenvalue weighted by Crippen LogP contribution is 2.37. The van der Waals surface area contributed by atoms with Crippen molar-refractivity contribution in [3.05, 3.63) is 55.5 Å². The molecule has 1 aliphatic carbocycles. The summed E-state index contributed by atoms with van der Waals surface area (Å²) in [7, 11) is 0. The molecule has 3 aromatic rings. The summed E-state index contributed by atoms with van der Waals surface area (Å²) in [6.07, 6.45) is 2.98. The van der Waals surface area contributed by atoms with Gasteiger partial charge in [-0.15, -0.1) is 11.3 Å². The van der Waals surface area contributed by atoms with E-state index in [9.17, 15) is 14.9 Å². The molecule has 1 aromatic carbocycles. The first-order valence-corrected chi connectivity index (χ1v) is 9.99. The number of aromatic nitrogens is 1. The third-order valence-corrected chi connectivity index (χ3v) is 6.39. The summed E-state index contributed by atoms with van der Waals surface area (Å²) in [5, 5.41) is 14.6. The number of halogens is 1. The maximum atomic E-state index is 12.8. The van der Waals surface area contributed by atoms with Crippen molar-refractivity contribution in [3.8, 4) is 0 Å². The molecule has 4 rings (SSSR count). The number of carbonyl (C=O) groups excluding carboxylic acids is 1. The Bertz CT molecular complexity index is 1130. The normalized spacial score (nSPS) is 16.0. The summed E-state index contributed by atoms with van der Waals surface area (Å²) in [6.45, 7) is 2.21. The van der Waals surface area contributed by atoms with Crippen molar-refractivity contribution in [2.45, 2.75) is 26.2 Å². The van der Waals surface area contributed by atoms with E-state index >= 15 is 0 Å². The first-order chi connectivity index (χ1) is 13.3. The summed E-state index contributed by atoms with van der Waals surface area (Å²) in [4.78, 5) is 29.0. The van der Waals surface area contributed by atoms with Gasteiger partial charge in [-0.2, -0.15) is 0 Å². The molecule has 3 N–H and O–H groups in total. The lowest BCUT2D eigenvalue weighted by Crippen LogP contribution is -2.13. The number of nitrogens with zero attached hydrogens (tertiary/aromatic N) is 2. The highest BCUT2D eigenvalue weighted by Gasteiger charge is 2.23. The van der Waals surface area contributed by atoms with Crippen molar-refractivity contribution < 1.29 is 9.72 Å².